The first kappa shape index (κ1) is 14.1. The molecule has 0 unspecified atom stereocenters. The van der Waals surface area contributed by atoms with E-state index in [0.29, 0.717) is 5.75 Å². The molecule has 1 aliphatic rings. The van der Waals surface area contributed by atoms with Crippen molar-refractivity contribution in [1.29, 1.82) is 0 Å². The molecule has 0 saturated carbocycles. The molecule has 3 aromatic rings. The molecule has 0 bridgehead atoms. The van der Waals surface area contributed by atoms with Gasteiger partial charge in [0.05, 0.1) is 12.7 Å². The number of ether oxygens (including phenoxy) is 1. The Balaban J connectivity index is 1.99. The van der Waals surface area contributed by atoms with Crippen LogP contribution in [-0.4, -0.2) is 12.2 Å². The maximum Gasteiger partial charge on any atom is 0.213 e. The minimum atomic E-state index is 0.385. The van der Waals surface area contributed by atoms with Crippen LogP contribution in [0.15, 0.2) is 36.5 Å². The highest BCUT2D eigenvalue weighted by molar-refractivity contribution is 5.86. The van der Waals surface area contributed by atoms with Crippen LogP contribution < -0.4 is 9.30 Å². The van der Waals surface area contributed by atoms with Crippen LogP contribution in [0.5, 0.6) is 11.5 Å². The molecule has 1 aromatic heterocycles. The largest absolute Gasteiger partial charge is 0.508 e. The van der Waals surface area contributed by atoms with Crippen molar-refractivity contribution in [3.8, 4) is 22.8 Å². The van der Waals surface area contributed by atoms with E-state index in [4.69, 9.17) is 4.74 Å². The summed E-state index contributed by atoms with van der Waals surface area (Å²) in [6, 6.07) is 10.5. The van der Waals surface area contributed by atoms with E-state index in [2.05, 4.69) is 42.0 Å². The summed E-state index contributed by atoms with van der Waals surface area (Å²) in [6.07, 6.45) is 3.17. The quantitative estimate of drug-likeness (QED) is 0.696. The van der Waals surface area contributed by atoms with Crippen LogP contribution in [-0.2, 0) is 13.0 Å². The Morgan fingerprint density at radius 3 is 2.61 bits per heavy atom. The normalized spacial score (nSPS) is 12.8. The lowest BCUT2D eigenvalue weighted by Crippen LogP contribution is -2.40. The van der Waals surface area contributed by atoms with Gasteiger partial charge in [-0.15, -0.1) is 0 Å². The number of aromatic nitrogens is 1. The third-order valence-corrected chi connectivity index (χ3v) is 4.82. The second-order valence-electron chi connectivity index (χ2n) is 6.35. The zero-order valence-corrected chi connectivity index (χ0v) is 13.7. The van der Waals surface area contributed by atoms with Crippen molar-refractivity contribution < 1.29 is 14.4 Å². The van der Waals surface area contributed by atoms with E-state index in [0.717, 1.165) is 29.8 Å². The summed E-state index contributed by atoms with van der Waals surface area (Å²) >= 11 is 0. The predicted molar refractivity (Wildman–Crippen MR) is 91.0 cm³/mol. The number of benzene rings is 2. The maximum absolute atomic E-state index is 9.97. The number of fused-ring (bicyclic) bond motifs is 4. The SMILES string of the molecule is COc1cc2cc3[n+](cc2cc1C)CCc1cc(O)c(C)cc1-3. The third-order valence-electron chi connectivity index (χ3n) is 4.82. The topological polar surface area (TPSA) is 33.3 Å². The maximum atomic E-state index is 9.97. The smallest absolute Gasteiger partial charge is 0.213 e. The molecule has 116 valence electrons. The van der Waals surface area contributed by atoms with Crippen LogP contribution in [0, 0.1) is 13.8 Å². The standard InChI is InChI=1S/C20H19NO2/c1-12-7-17-14(9-19(12)22)4-5-21-11-16-6-13(2)20(23-3)10-15(16)8-18(17)21/h6-11H,4-5H2,1-3H3/p+1. The van der Waals surface area contributed by atoms with E-state index in [1.807, 2.05) is 13.0 Å². The minimum Gasteiger partial charge on any atom is -0.508 e. The summed E-state index contributed by atoms with van der Waals surface area (Å²) in [6.45, 7) is 4.96. The Morgan fingerprint density at radius 1 is 1.00 bits per heavy atom. The fourth-order valence-corrected chi connectivity index (χ4v) is 3.49. The van der Waals surface area contributed by atoms with E-state index in [1.54, 1.807) is 7.11 Å². The molecule has 2 heterocycles. The van der Waals surface area contributed by atoms with Gasteiger partial charge in [-0.05, 0) is 60.2 Å². The number of phenols is 1. The summed E-state index contributed by atoms with van der Waals surface area (Å²) in [5, 5.41) is 12.4. The Morgan fingerprint density at radius 2 is 1.83 bits per heavy atom. The van der Waals surface area contributed by atoms with Gasteiger partial charge in [0.2, 0.25) is 5.69 Å². The summed E-state index contributed by atoms with van der Waals surface area (Å²) in [5.41, 5.74) is 5.70. The van der Waals surface area contributed by atoms with Gasteiger partial charge < -0.3 is 9.84 Å². The molecule has 2 aromatic carbocycles. The Kier molecular flexibility index (Phi) is 3.05. The molecule has 4 rings (SSSR count). The molecule has 0 fully saturated rings. The Labute approximate surface area is 135 Å². The molecule has 3 heteroatoms. The van der Waals surface area contributed by atoms with Gasteiger partial charge in [-0.3, -0.25) is 0 Å². The number of nitrogens with zero attached hydrogens (tertiary/aromatic N) is 1. The van der Waals surface area contributed by atoms with Crippen LogP contribution in [0.4, 0.5) is 0 Å². The van der Waals surface area contributed by atoms with E-state index in [1.165, 1.54) is 27.6 Å². The summed E-state index contributed by atoms with van der Waals surface area (Å²) in [5.74, 6) is 1.30. The molecule has 23 heavy (non-hydrogen) atoms. The van der Waals surface area contributed by atoms with Crippen molar-refractivity contribution >= 4 is 10.8 Å². The van der Waals surface area contributed by atoms with Gasteiger partial charge in [0.15, 0.2) is 12.7 Å². The monoisotopic (exact) mass is 306 g/mol. The summed E-state index contributed by atoms with van der Waals surface area (Å²) in [4.78, 5) is 0. The molecular weight excluding hydrogens is 286 g/mol. The van der Waals surface area contributed by atoms with Crippen LogP contribution in [0.2, 0.25) is 0 Å². The highest BCUT2D eigenvalue weighted by atomic mass is 16.5. The van der Waals surface area contributed by atoms with Crippen LogP contribution >= 0.6 is 0 Å². The number of aromatic hydroxyl groups is 1. The summed E-state index contributed by atoms with van der Waals surface area (Å²) in [7, 11) is 1.71. The van der Waals surface area contributed by atoms with Gasteiger partial charge in [-0.1, -0.05) is 0 Å². The fourth-order valence-electron chi connectivity index (χ4n) is 3.49. The minimum absolute atomic E-state index is 0.385. The molecular formula is C20H20NO2+. The van der Waals surface area contributed by atoms with Crippen LogP contribution in [0.1, 0.15) is 16.7 Å². The average Bonchev–Trinajstić information content (AvgIpc) is 2.54. The van der Waals surface area contributed by atoms with Crippen molar-refractivity contribution in [1.82, 2.24) is 0 Å². The molecule has 0 amide bonds. The Bertz CT molecular complexity index is 944. The lowest BCUT2D eigenvalue weighted by molar-refractivity contribution is -0.686. The zero-order chi connectivity index (χ0) is 16.1. The number of rotatable bonds is 1. The van der Waals surface area contributed by atoms with Gasteiger partial charge in [0, 0.05) is 17.9 Å². The van der Waals surface area contributed by atoms with E-state index in [9.17, 15) is 5.11 Å². The summed E-state index contributed by atoms with van der Waals surface area (Å²) < 4.78 is 7.77. The third kappa shape index (κ3) is 2.15. The molecule has 1 N–H and O–H groups in total. The highest BCUT2D eigenvalue weighted by Gasteiger charge is 2.24. The number of pyridine rings is 1. The Hall–Kier alpha value is -2.55. The van der Waals surface area contributed by atoms with Crippen molar-refractivity contribution in [2.75, 3.05) is 7.11 Å². The number of phenolic OH excluding ortho intramolecular Hbond substituents is 1. The van der Waals surface area contributed by atoms with Gasteiger partial charge >= 0.3 is 0 Å². The number of methoxy groups -OCH3 is 1. The second kappa shape index (κ2) is 4.98. The molecule has 0 radical (unpaired) electrons. The van der Waals surface area contributed by atoms with E-state index in [-0.39, 0.29) is 0 Å². The number of hydrogen-bond acceptors (Lipinski definition) is 2. The molecule has 0 saturated heterocycles. The lowest BCUT2D eigenvalue weighted by Gasteiger charge is -2.17. The number of hydrogen-bond donors (Lipinski definition) is 1. The highest BCUT2D eigenvalue weighted by Crippen LogP contribution is 2.33. The zero-order valence-electron chi connectivity index (χ0n) is 13.7. The van der Waals surface area contributed by atoms with Crippen LogP contribution in [0.25, 0.3) is 22.0 Å². The molecule has 0 atom stereocenters. The first-order valence-electron chi connectivity index (χ1n) is 7.91. The van der Waals surface area contributed by atoms with Gasteiger partial charge in [0.25, 0.3) is 0 Å². The average molecular weight is 306 g/mol. The van der Waals surface area contributed by atoms with Crippen molar-refractivity contribution in [2.45, 2.75) is 26.8 Å². The van der Waals surface area contributed by atoms with E-state index < -0.39 is 0 Å². The van der Waals surface area contributed by atoms with Gasteiger partial charge in [-0.2, -0.15) is 4.57 Å². The molecule has 0 spiro atoms. The lowest BCUT2D eigenvalue weighted by atomic mass is 9.93. The van der Waals surface area contributed by atoms with Crippen LogP contribution in [0.3, 0.4) is 0 Å². The second-order valence-corrected chi connectivity index (χ2v) is 6.35. The van der Waals surface area contributed by atoms with Gasteiger partial charge in [-0.25, -0.2) is 0 Å². The van der Waals surface area contributed by atoms with Crippen molar-refractivity contribution in [2.24, 2.45) is 0 Å². The molecule has 1 aliphatic heterocycles. The molecule has 3 nitrogen and oxygen atoms in total. The first-order valence-corrected chi connectivity index (χ1v) is 7.91. The predicted octanol–water partition coefficient (Wildman–Crippen LogP) is 3.68. The van der Waals surface area contributed by atoms with E-state index >= 15 is 0 Å². The number of aryl methyl sites for hydroxylation is 4. The molecule has 0 aliphatic carbocycles. The first-order chi connectivity index (χ1) is 11.1. The van der Waals surface area contributed by atoms with Crippen molar-refractivity contribution in [3.63, 3.8) is 0 Å². The van der Waals surface area contributed by atoms with Gasteiger partial charge in [0.1, 0.15) is 11.5 Å². The fraction of sp³-hybridized carbons (Fsp3) is 0.250. The van der Waals surface area contributed by atoms with Crippen molar-refractivity contribution in [3.05, 3.63) is 53.2 Å².